The molecule has 0 aliphatic heterocycles. The molecule has 35 heavy (non-hydrogen) atoms. The molecular formula is C21H29Cl2N3O8S. The van der Waals surface area contributed by atoms with Crippen LogP contribution in [-0.2, 0) is 33.9 Å². The van der Waals surface area contributed by atoms with Gasteiger partial charge in [-0.1, -0.05) is 37.0 Å². The predicted molar refractivity (Wildman–Crippen MR) is 129 cm³/mol. The van der Waals surface area contributed by atoms with Crippen molar-refractivity contribution < 1.29 is 37.1 Å². The topological polar surface area (TPSA) is 157 Å². The van der Waals surface area contributed by atoms with Crippen molar-refractivity contribution in [1.29, 1.82) is 0 Å². The van der Waals surface area contributed by atoms with E-state index in [4.69, 9.17) is 23.2 Å². The second-order valence-electron chi connectivity index (χ2n) is 8.04. The Hall–Kier alpha value is -2.41. The van der Waals surface area contributed by atoms with Gasteiger partial charge in [0.15, 0.2) is 0 Å². The van der Waals surface area contributed by atoms with Crippen LogP contribution in [0.1, 0.15) is 44.5 Å². The van der Waals surface area contributed by atoms with E-state index in [2.05, 4.69) is 24.8 Å². The van der Waals surface area contributed by atoms with Crippen molar-refractivity contribution in [2.75, 3.05) is 14.2 Å². The van der Waals surface area contributed by atoms with Crippen LogP contribution in [0.5, 0.6) is 0 Å². The van der Waals surface area contributed by atoms with Gasteiger partial charge < -0.3 is 20.1 Å². The number of methoxy groups -OCH3 is 2. The second kappa shape index (κ2) is 13.1. The number of carbonyl (C=O) groups excluding carboxylic acids is 4. The van der Waals surface area contributed by atoms with E-state index in [1.54, 1.807) is 13.8 Å². The van der Waals surface area contributed by atoms with E-state index < -0.39 is 56.8 Å². The van der Waals surface area contributed by atoms with Crippen molar-refractivity contribution in [2.24, 2.45) is 5.92 Å². The van der Waals surface area contributed by atoms with Crippen molar-refractivity contribution in [1.82, 2.24) is 15.4 Å². The second-order valence-corrected chi connectivity index (χ2v) is 10.5. The van der Waals surface area contributed by atoms with E-state index in [0.717, 1.165) is 26.4 Å². The van der Waals surface area contributed by atoms with E-state index in [0.29, 0.717) is 0 Å². The first-order valence-corrected chi connectivity index (χ1v) is 12.7. The van der Waals surface area contributed by atoms with Crippen molar-refractivity contribution in [3.63, 3.8) is 0 Å². The highest BCUT2D eigenvalue weighted by molar-refractivity contribution is 7.89. The lowest BCUT2D eigenvalue weighted by atomic mass is 10.0. The summed E-state index contributed by atoms with van der Waals surface area (Å²) in [5.74, 6) is -3.13. The van der Waals surface area contributed by atoms with Gasteiger partial charge in [-0.3, -0.25) is 9.59 Å². The summed E-state index contributed by atoms with van der Waals surface area (Å²) >= 11 is 12.2. The highest BCUT2D eigenvalue weighted by atomic mass is 35.5. The summed E-state index contributed by atoms with van der Waals surface area (Å²) in [5, 5.41) is 4.28. The summed E-state index contributed by atoms with van der Waals surface area (Å²) in [7, 11) is -2.15. The van der Waals surface area contributed by atoms with Gasteiger partial charge in [-0.2, -0.15) is 4.72 Å². The lowest BCUT2D eigenvalue weighted by Gasteiger charge is -2.22. The molecule has 1 rings (SSSR count). The average Bonchev–Trinajstić information content (AvgIpc) is 2.76. The molecule has 0 radical (unpaired) electrons. The third-order valence-corrected chi connectivity index (χ3v) is 6.94. The molecular weight excluding hydrogens is 525 g/mol. The molecule has 3 atom stereocenters. The molecule has 1 aromatic rings. The Bertz CT molecular complexity index is 1080. The summed E-state index contributed by atoms with van der Waals surface area (Å²) in [4.78, 5) is 48.1. The lowest BCUT2D eigenvalue weighted by Crippen LogP contribution is -2.51. The normalized spacial score (nSPS) is 14.0. The van der Waals surface area contributed by atoms with E-state index in [1.165, 1.54) is 13.8 Å². The summed E-state index contributed by atoms with van der Waals surface area (Å²) in [6.07, 6.45) is 0.0914. The Kier molecular flexibility index (Phi) is 11.4. The quantitative estimate of drug-likeness (QED) is 0.349. The third kappa shape index (κ3) is 8.64. The van der Waals surface area contributed by atoms with Crippen LogP contribution >= 0.6 is 23.2 Å². The maximum atomic E-state index is 13.2. The Morgan fingerprint density at radius 2 is 1.40 bits per heavy atom. The maximum Gasteiger partial charge on any atom is 0.328 e. The first-order valence-electron chi connectivity index (χ1n) is 10.4. The number of esters is 2. The number of amides is 2. The van der Waals surface area contributed by atoms with E-state index in [-0.39, 0.29) is 27.9 Å². The van der Waals surface area contributed by atoms with E-state index in [1.807, 2.05) is 0 Å². The zero-order chi connectivity index (χ0) is 27.1. The van der Waals surface area contributed by atoms with Crippen LogP contribution in [0.2, 0.25) is 10.0 Å². The minimum Gasteiger partial charge on any atom is -0.467 e. The van der Waals surface area contributed by atoms with E-state index >= 15 is 0 Å². The van der Waals surface area contributed by atoms with E-state index in [9.17, 15) is 27.6 Å². The van der Waals surface area contributed by atoms with Crippen molar-refractivity contribution in [3.8, 4) is 0 Å². The molecule has 1 aromatic carbocycles. The minimum absolute atomic E-state index is 0.0914. The van der Waals surface area contributed by atoms with Gasteiger partial charge in [0.1, 0.15) is 23.0 Å². The number of benzene rings is 1. The number of rotatable bonds is 11. The first-order chi connectivity index (χ1) is 16.1. The summed E-state index contributed by atoms with van der Waals surface area (Å²) < 4.78 is 37.7. The molecule has 0 bridgehead atoms. The summed E-state index contributed by atoms with van der Waals surface area (Å²) in [6.45, 7) is 6.31. The molecule has 14 heteroatoms. The summed E-state index contributed by atoms with van der Waals surface area (Å²) in [6, 6.07) is -1.32. The lowest BCUT2D eigenvalue weighted by molar-refractivity contribution is -0.144. The van der Waals surface area contributed by atoms with Crippen LogP contribution in [-0.4, -0.2) is 64.5 Å². The van der Waals surface area contributed by atoms with Crippen LogP contribution in [0, 0.1) is 5.92 Å². The molecule has 0 heterocycles. The number of halogens is 2. The largest absolute Gasteiger partial charge is 0.467 e. The molecule has 2 amide bonds. The Balaban J connectivity index is 3.31. The van der Waals surface area contributed by atoms with Gasteiger partial charge in [-0.05, 0) is 38.3 Å². The summed E-state index contributed by atoms with van der Waals surface area (Å²) in [5.41, 5.74) is -0.267. The maximum absolute atomic E-state index is 13.2. The van der Waals surface area contributed by atoms with Gasteiger partial charge in [-0.25, -0.2) is 18.0 Å². The number of sulfonamides is 1. The number of carbonyl (C=O) groups is 4. The third-order valence-electron chi connectivity index (χ3n) is 4.69. The SMILES string of the molecule is COC(=O)C(C)NC(=O)c1cc(S(=O)(=O)N[C@@H](CC(C)C)C(=O)NC(C)C(=O)OC)c(Cl)cc1Cl. The fourth-order valence-electron chi connectivity index (χ4n) is 2.90. The van der Waals surface area contributed by atoms with Gasteiger partial charge >= 0.3 is 11.9 Å². The van der Waals surface area contributed by atoms with Gasteiger partial charge in [0, 0.05) is 0 Å². The minimum atomic E-state index is -4.45. The van der Waals surface area contributed by atoms with Crippen molar-refractivity contribution in [3.05, 3.63) is 27.7 Å². The van der Waals surface area contributed by atoms with Crippen LogP contribution in [0.25, 0.3) is 0 Å². The van der Waals surface area contributed by atoms with Crippen molar-refractivity contribution in [2.45, 2.75) is 57.1 Å². The molecule has 0 spiro atoms. The number of hydrogen-bond donors (Lipinski definition) is 3. The molecule has 0 saturated heterocycles. The van der Waals surface area contributed by atoms with Crippen LogP contribution in [0.3, 0.4) is 0 Å². The molecule has 0 aliphatic carbocycles. The number of ether oxygens (including phenoxy) is 2. The monoisotopic (exact) mass is 553 g/mol. The highest BCUT2D eigenvalue weighted by Gasteiger charge is 2.31. The Morgan fingerprint density at radius 1 is 0.886 bits per heavy atom. The van der Waals surface area contributed by atoms with Gasteiger partial charge in [-0.15, -0.1) is 0 Å². The van der Waals surface area contributed by atoms with Crippen LogP contribution < -0.4 is 15.4 Å². The molecule has 0 fully saturated rings. The van der Waals surface area contributed by atoms with Gasteiger partial charge in [0.05, 0.1) is 29.8 Å². The van der Waals surface area contributed by atoms with Crippen LogP contribution in [0.15, 0.2) is 17.0 Å². The van der Waals surface area contributed by atoms with Crippen molar-refractivity contribution >= 4 is 57.0 Å². The van der Waals surface area contributed by atoms with Gasteiger partial charge in [0.25, 0.3) is 5.91 Å². The fourth-order valence-corrected chi connectivity index (χ4v) is 4.97. The molecule has 196 valence electrons. The molecule has 2 unspecified atom stereocenters. The molecule has 11 nitrogen and oxygen atoms in total. The van der Waals surface area contributed by atoms with Gasteiger partial charge in [0.2, 0.25) is 15.9 Å². The molecule has 0 saturated carbocycles. The first kappa shape index (κ1) is 30.6. The molecule has 3 N–H and O–H groups in total. The average molecular weight is 554 g/mol. The Morgan fingerprint density at radius 3 is 1.89 bits per heavy atom. The zero-order valence-corrected chi connectivity index (χ0v) is 22.4. The number of hydrogen-bond acceptors (Lipinski definition) is 8. The molecule has 0 aromatic heterocycles. The standard InChI is InChI=1S/C21H29Cl2N3O8S/c1-10(2)7-16(19(28)25-12(4)21(30)34-6)26-35(31,32)17-8-13(14(22)9-15(17)23)18(27)24-11(3)20(29)33-5/h8-12,16,26H,7H2,1-6H3,(H,24,27)(H,25,28)/t11?,12?,16-/m0/s1. The molecule has 0 aliphatic rings. The number of nitrogens with one attached hydrogen (secondary N) is 3. The Labute approximate surface area is 214 Å². The zero-order valence-electron chi connectivity index (χ0n) is 20.1. The fraction of sp³-hybridized carbons (Fsp3) is 0.524. The predicted octanol–water partition coefficient (Wildman–Crippen LogP) is 1.66. The van der Waals surface area contributed by atoms with Crippen LogP contribution in [0.4, 0.5) is 0 Å². The highest BCUT2D eigenvalue weighted by Crippen LogP contribution is 2.29. The smallest absolute Gasteiger partial charge is 0.328 e.